The average Bonchev–Trinajstić information content (AvgIpc) is 2.69. The van der Waals surface area contributed by atoms with Gasteiger partial charge in [-0.05, 0) is 33.6 Å². The summed E-state index contributed by atoms with van der Waals surface area (Å²) < 4.78 is 0. The Labute approximate surface area is 129 Å². The third-order valence-corrected chi connectivity index (χ3v) is 5.14. The number of hydrogen-bond donors (Lipinski definition) is 1. The standard InChI is InChI=1S/C15H23N3O2S/c1-8(2)12-13(19)18(15(5,6)14(20)17-12)7-11-16-9(3)10(4)21-11/h8,12H,7H2,1-6H3,(H,17,20). The second-order valence-corrected chi connectivity index (χ2v) is 7.72. The number of aryl methyl sites for hydroxylation is 2. The molecule has 116 valence electrons. The molecule has 6 heteroatoms. The highest BCUT2D eigenvalue weighted by Crippen LogP contribution is 2.27. The molecule has 2 amide bonds. The van der Waals surface area contributed by atoms with E-state index in [1.54, 1.807) is 30.1 Å². The van der Waals surface area contributed by atoms with Crippen LogP contribution in [0.2, 0.25) is 0 Å². The van der Waals surface area contributed by atoms with Crippen LogP contribution in [0.15, 0.2) is 0 Å². The van der Waals surface area contributed by atoms with Gasteiger partial charge < -0.3 is 10.2 Å². The summed E-state index contributed by atoms with van der Waals surface area (Å²) >= 11 is 1.58. The first-order valence-corrected chi connectivity index (χ1v) is 8.01. The second kappa shape index (κ2) is 5.40. The molecule has 0 saturated carbocycles. The minimum atomic E-state index is -0.851. The minimum Gasteiger partial charge on any atom is -0.342 e. The SMILES string of the molecule is Cc1nc(CN2C(=O)C(C(C)C)NC(=O)C2(C)C)sc1C. The number of carbonyl (C=O) groups is 2. The van der Waals surface area contributed by atoms with Gasteiger partial charge in [0.25, 0.3) is 0 Å². The average molecular weight is 309 g/mol. The maximum absolute atomic E-state index is 12.7. The van der Waals surface area contributed by atoms with Crippen LogP contribution < -0.4 is 5.32 Å². The number of nitrogens with one attached hydrogen (secondary N) is 1. The Balaban J connectivity index is 2.32. The van der Waals surface area contributed by atoms with Gasteiger partial charge in [0.1, 0.15) is 16.6 Å². The van der Waals surface area contributed by atoms with Crippen LogP contribution in [-0.2, 0) is 16.1 Å². The molecule has 2 rings (SSSR count). The first-order valence-electron chi connectivity index (χ1n) is 7.20. The highest BCUT2D eigenvalue weighted by Gasteiger charge is 2.47. The van der Waals surface area contributed by atoms with Crippen molar-refractivity contribution in [3.63, 3.8) is 0 Å². The quantitative estimate of drug-likeness (QED) is 0.929. The molecule has 1 aromatic heterocycles. The lowest BCUT2D eigenvalue weighted by Crippen LogP contribution is -2.69. The van der Waals surface area contributed by atoms with Crippen molar-refractivity contribution in [2.45, 2.75) is 59.7 Å². The molecule has 1 aromatic rings. The molecule has 1 N–H and O–H groups in total. The topological polar surface area (TPSA) is 62.3 Å². The Morgan fingerprint density at radius 3 is 2.43 bits per heavy atom. The van der Waals surface area contributed by atoms with E-state index in [0.29, 0.717) is 6.54 Å². The van der Waals surface area contributed by atoms with Gasteiger partial charge in [-0.25, -0.2) is 4.98 Å². The van der Waals surface area contributed by atoms with Gasteiger partial charge >= 0.3 is 0 Å². The van der Waals surface area contributed by atoms with Crippen LogP contribution in [0.25, 0.3) is 0 Å². The van der Waals surface area contributed by atoms with Crippen LogP contribution in [0.4, 0.5) is 0 Å². The Hall–Kier alpha value is -1.43. The predicted molar refractivity (Wildman–Crippen MR) is 83.0 cm³/mol. The second-order valence-electron chi connectivity index (χ2n) is 6.43. The molecule has 0 bridgehead atoms. The smallest absolute Gasteiger partial charge is 0.246 e. The molecule has 1 fully saturated rings. The van der Waals surface area contributed by atoms with Crippen molar-refractivity contribution < 1.29 is 9.59 Å². The summed E-state index contributed by atoms with van der Waals surface area (Å²) in [7, 11) is 0. The number of nitrogens with zero attached hydrogens (tertiary/aromatic N) is 2. The fraction of sp³-hybridized carbons (Fsp3) is 0.667. The summed E-state index contributed by atoms with van der Waals surface area (Å²) in [6.07, 6.45) is 0. The van der Waals surface area contributed by atoms with E-state index >= 15 is 0 Å². The molecule has 1 aliphatic heterocycles. The number of aromatic nitrogens is 1. The fourth-order valence-electron chi connectivity index (χ4n) is 2.41. The van der Waals surface area contributed by atoms with E-state index in [2.05, 4.69) is 10.3 Å². The lowest BCUT2D eigenvalue weighted by molar-refractivity contribution is -0.157. The zero-order valence-corrected chi connectivity index (χ0v) is 14.3. The normalized spacial score (nSPS) is 21.9. The Kier molecular flexibility index (Phi) is 4.10. The molecule has 0 aliphatic carbocycles. The summed E-state index contributed by atoms with van der Waals surface area (Å²) in [6.45, 7) is 11.8. The largest absolute Gasteiger partial charge is 0.342 e. The maximum Gasteiger partial charge on any atom is 0.246 e. The van der Waals surface area contributed by atoms with E-state index in [4.69, 9.17) is 0 Å². The number of carbonyl (C=O) groups excluding carboxylic acids is 2. The van der Waals surface area contributed by atoms with Crippen molar-refractivity contribution in [3.8, 4) is 0 Å². The zero-order valence-electron chi connectivity index (χ0n) is 13.5. The van der Waals surface area contributed by atoms with Gasteiger partial charge in [-0.1, -0.05) is 13.8 Å². The van der Waals surface area contributed by atoms with E-state index in [1.165, 1.54) is 0 Å². The summed E-state index contributed by atoms with van der Waals surface area (Å²) in [5, 5.41) is 3.72. The number of amides is 2. The number of thiazole rings is 1. The Morgan fingerprint density at radius 1 is 1.33 bits per heavy atom. The summed E-state index contributed by atoms with van der Waals surface area (Å²) in [6, 6.07) is -0.451. The molecule has 1 aliphatic rings. The molecule has 1 saturated heterocycles. The van der Waals surface area contributed by atoms with Crippen LogP contribution in [-0.4, -0.2) is 33.3 Å². The van der Waals surface area contributed by atoms with Gasteiger partial charge in [0.2, 0.25) is 11.8 Å². The molecule has 0 spiro atoms. The molecular weight excluding hydrogens is 286 g/mol. The monoisotopic (exact) mass is 309 g/mol. The summed E-state index contributed by atoms with van der Waals surface area (Å²) in [5.41, 5.74) is 0.137. The van der Waals surface area contributed by atoms with Crippen LogP contribution in [0.1, 0.15) is 43.3 Å². The number of piperazine rings is 1. The first kappa shape index (κ1) is 15.9. The molecule has 0 radical (unpaired) electrons. The van der Waals surface area contributed by atoms with Gasteiger partial charge in [0.05, 0.1) is 12.2 Å². The number of hydrogen-bond acceptors (Lipinski definition) is 4. The maximum atomic E-state index is 12.7. The zero-order chi connectivity index (χ0) is 15.9. The van der Waals surface area contributed by atoms with Gasteiger partial charge in [-0.2, -0.15) is 0 Å². The summed E-state index contributed by atoms with van der Waals surface area (Å²) in [5.74, 6) is -0.0641. The highest BCUT2D eigenvalue weighted by atomic mass is 32.1. The van der Waals surface area contributed by atoms with E-state index in [1.807, 2.05) is 27.7 Å². The van der Waals surface area contributed by atoms with Gasteiger partial charge in [-0.3, -0.25) is 9.59 Å². The fourth-order valence-corrected chi connectivity index (χ4v) is 3.34. The molecule has 0 aromatic carbocycles. The van der Waals surface area contributed by atoms with Crippen molar-refractivity contribution in [2.24, 2.45) is 5.92 Å². The minimum absolute atomic E-state index is 0.0277. The molecular formula is C15H23N3O2S. The van der Waals surface area contributed by atoms with E-state index in [-0.39, 0.29) is 17.7 Å². The molecule has 1 unspecified atom stereocenters. The summed E-state index contributed by atoms with van der Waals surface area (Å²) in [4.78, 5) is 32.3. The van der Waals surface area contributed by atoms with Gasteiger partial charge in [0, 0.05) is 4.88 Å². The highest BCUT2D eigenvalue weighted by molar-refractivity contribution is 7.11. The molecule has 2 heterocycles. The Bertz CT molecular complexity index is 558. The van der Waals surface area contributed by atoms with Crippen LogP contribution in [0.3, 0.4) is 0 Å². The number of rotatable bonds is 3. The van der Waals surface area contributed by atoms with E-state index < -0.39 is 11.6 Å². The van der Waals surface area contributed by atoms with Crippen LogP contribution in [0.5, 0.6) is 0 Å². The lowest BCUT2D eigenvalue weighted by Gasteiger charge is -2.44. The van der Waals surface area contributed by atoms with Crippen molar-refractivity contribution in [1.82, 2.24) is 15.2 Å². The molecule has 5 nitrogen and oxygen atoms in total. The predicted octanol–water partition coefficient (Wildman–Crippen LogP) is 2.02. The van der Waals surface area contributed by atoms with Crippen LogP contribution in [0, 0.1) is 19.8 Å². The van der Waals surface area contributed by atoms with E-state index in [9.17, 15) is 9.59 Å². The van der Waals surface area contributed by atoms with Crippen molar-refractivity contribution in [2.75, 3.05) is 0 Å². The van der Waals surface area contributed by atoms with E-state index in [0.717, 1.165) is 15.6 Å². The lowest BCUT2D eigenvalue weighted by atomic mass is 9.91. The Morgan fingerprint density at radius 2 is 1.95 bits per heavy atom. The van der Waals surface area contributed by atoms with Crippen molar-refractivity contribution >= 4 is 23.2 Å². The third-order valence-electron chi connectivity index (χ3n) is 4.08. The molecule has 1 atom stereocenters. The van der Waals surface area contributed by atoms with Crippen LogP contribution >= 0.6 is 11.3 Å². The molecule has 21 heavy (non-hydrogen) atoms. The van der Waals surface area contributed by atoms with Gasteiger partial charge in [-0.15, -0.1) is 11.3 Å². The van der Waals surface area contributed by atoms with Crippen molar-refractivity contribution in [3.05, 3.63) is 15.6 Å². The van der Waals surface area contributed by atoms with Gasteiger partial charge in [0.15, 0.2) is 0 Å². The van der Waals surface area contributed by atoms with Crippen molar-refractivity contribution in [1.29, 1.82) is 0 Å². The third kappa shape index (κ3) is 2.81. The first-order chi connectivity index (χ1) is 9.64.